The van der Waals surface area contributed by atoms with Gasteiger partial charge >= 0.3 is 5.97 Å². The molecule has 0 bridgehead atoms. The number of halogens is 2. The van der Waals surface area contributed by atoms with Gasteiger partial charge in [0.2, 0.25) is 0 Å². The monoisotopic (exact) mass is 242 g/mol. The molecule has 0 spiro atoms. The molecule has 4 heteroatoms. The van der Waals surface area contributed by atoms with E-state index in [4.69, 9.17) is 5.11 Å². The van der Waals surface area contributed by atoms with Gasteiger partial charge in [-0.25, -0.2) is 8.78 Å². The molecule has 0 unspecified atom stereocenters. The molecule has 94 valence electrons. The second-order valence-electron chi connectivity index (χ2n) is 4.02. The van der Waals surface area contributed by atoms with Crippen LogP contribution in [0.1, 0.15) is 37.7 Å². The minimum absolute atomic E-state index is 0.0261. The third kappa shape index (κ3) is 4.93. The van der Waals surface area contributed by atoms with Crippen LogP contribution in [-0.2, 0) is 10.7 Å². The summed E-state index contributed by atoms with van der Waals surface area (Å²) in [5, 5.41) is 8.40. The van der Waals surface area contributed by atoms with Crippen molar-refractivity contribution in [1.29, 1.82) is 0 Å². The molecule has 0 aromatic heterocycles. The summed E-state index contributed by atoms with van der Waals surface area (Å²) in [6.07, 6.45) is 1.15. The van der Waals surface area contributed by atoms with Crippen LogP contribution in [-0.4, -0.2) is 11.1 Å². The lowest BCUT2D eigenvalue weighted by molar-refractivity contribution is -0.137. The van der Waals surface area contributed by atoms with Crippen molar-refractivity contribution in [3.63, 3.8) is 0 Å². The van der Waals surface area contributed by atoms with Crippen LogP contribution in [0.3, 0.4) is 0 Å². The third-order valence-electron chi connectivity index (χ3n) is 2.58. The molecule has 0 saturated heterocycles. The average Bonchev–Trinajstić information content (AvgIpc) is 2.29. The second kappa shape index (κ2) is 6.33. The molecule has 1 aromatic rings. The van der Waals surface area contributed by atoms with E-state index in [1.165, 1.54) is 12.1 Å². The fraction of sp³-hybridized carbons (Fsp3) is 0.462. The molecule has 17 heavy (non-hydrogen) atoms. The lowest BCUT2D eigenvalue weighted by atomic mass is 10.0. The first-order valence-electron chi connectivity index (χ1n) is 5.67. The van der Waals surface area contributed by atoms with Crippen molar-refractivity contribution in [3.05, 3.63) is 35.9 Å². The molecule has 0 aliphatic heterocycles. The summed E-state index contributed by atoms with van der Waals surface area (Å²) in [6.45, 7) is 0. The zero-order valence-electron chi connectivity index (χ0n) is 9.53. The van der Waals surface area contributed by atoms with E-state index in [0.29, 0.717) is 19.3 Å². The highest BCUT2D eigenvalue weighted by Gasteiger charge is 2.30. The number of alkyl halides is 2. The third-order valence-corrected chi connectivity index (χ3v) is 2.58. The lowest BCUT2D eigenvalue weighted by Crippen LogP contribution is -2.12. The Labute approximate surface area is 99.3 Å². The quantitative estimate of drug-likeness (QED) is 0.738. The highest BCUT2D eigenvalue weighted by molar-refractivity contribution is 5.66. The lowest BCUT2D eigenvalue weighted by Gasteiger charge is -2.16. The number of rotatable bonds is 7. The fourth-order valence-corrected chi connectivity index (χ4v) is 1.63. The summed E-state index contributed by atoms with van der Waals surface area (Å²) < 4.78 is 27.3. The topological polar surface area (TPSA) is 37.3 Å². The zero-order chi connectivity index (χ0) is 12.7. The maximum Gasteiger partial charge on any atom is 0.303 e. The van der Waals surface area contributed by atoms with Gasteiger partial charge in [-0.05, 0) is 12.8 Å². The molecule has 0 amide bonds. The summed E-state index contributed by atoms with van der Waals surface area (Å²) in [5.74, 6) is -3.69. The molecule has 0 fully saturated rings. The Balaban J connectivity index is 2.33. The highest BCUT2D eigenvalue weighted by Crippen LogP contribution is 2.33. The Morgan fingerprint density at radius 2 is 1.76 bits per heavy atom. The van der Waals surface area contributed by atoms with Gasteiger partial charge in [-0.15, -0.1) is 0 Å². The van der Waals surface area contributed by atoms with Gasteiger partial charge in [0.25, 0.3) is 5.92 Å². The van der Waals surface area contributed by atoms with Crippen molar-refractivity contribution >= 4 is 5.97 Å². The van der Waals surface area contributed by atoms with Crippen LogP contribution < -0.4 is 0 Å². The molecule has 0 heterocycles. The normalized spacial score (nSPS) is 11.4. The van der Waals surface area contributed by atoms with Gasteiger partial charge in [-0.2, -0.15) is 0 Å². The van der Waals surface area contributed by atoms with Gasteiger partial charge in [-0.1, -0.05) is 36.8 Å². The SMILES string of the molecule is O=C(O)CCCCCC(F)(F)c1ccccc1. The minimum Gasteiger partial charge on any atom is -0.481 e. The van der Waals surface area contributed by atoms with E-state index in [9.17, 15) is 13.6 Å². The Morgan fingerprint density at radius 1 is 1.12 bits per heavy atom. The van der Waals surface area contributed by atoms with Gasteiger partial charge in [0.05, 0.1) is 0 Å². The molecule has 0 atom stereocenters. The molecule has 0 aliphatic carbocycles. The fourth-order valence-electron chi connectivity index (χ4n) is 1.63. The molecule has 1 aromatic carbocycles. The summed E-state index contributed by atoms with van der Waals surface area (Å²) in [5.41, 5.74) is 0.0261. The van der Waals surface area contributed by atoms with E-state index in [0.717, 1.165) is 0 Å². The van der Waals surface area contributed by atoms with Crippen molar-refractivity contribution in [1.82, 2.24) is 0 Å². The largest absolute Gasteiger partial charge is 0.481 e. The average molecular weight is 242 g/mol. The molecule has 1 N–H and O–H groups in total. The number of aliphatic carboxylic acids is 1. The number of benzene rings is 1. The van der Waals surface area contributed by atoms with Gasteiger partial charge in [0.1, 0.15) is 0 Å². The van der Waals surface area contributed by atoms with E-state index in [1.54, 1.807) is 18.2 Å². The summed E-state index contributed by atoms with van der Waals surface area (Å²) in [7, 11) is 0. The first-order valence-corrected chi connectivity index (χ1v) is 5.67. The van der Waals surface area contributed by atoms with E-state index in [1.807, 2.05) is 0 Å². The van der Waals surface area contributed by atoms with E-state index >= 15 is 0 Å². The Kier molecular flexibility index (Phi) is 5.07. The van der Waals surface area contributed by atoms with Gasteiger partial charge in [-0.3, -0.25) is 4.79 Å². The number of hydrogen-bond acceptors (Lipinski definition) is 1. The van der Waals surface area contributed by atoms with Crippen LogP contribution in [0.5, 0.6) is 0 Å². The van der Waals surface area contributed by atoms with Crippen LogP contribution in [0.2, 0.25) is 0 Å². The molecule has 0 saturated carbocycles. The van der Waals surface area contributed by atoms with Crippen molar-refractivity contribution in [3.8, 4) is 0 Å². The Bertz CT molecular complexity index is 350. The summed E-state index contributed by atoms with van der Waals surface area (Å²) in [4.78, 5) is 10.2. The zero-order valence-corrected chi connectivity index (χ0v) is 9.53. The highest BCUT2D eigenvalue weighted by atomic mass is 19.3. The first-order chi connectivity index (χ1) is 8.02. The van der Waals surface area contributed by atoms with E-state index in [2.05, 4.69) is 0 Å². The van der Waals surface area contributed by atoms with Gasteiger partial charge in [0, 0.05) is 18.4 Å². The predicted octanol–water partition coefficient (Wildman–Crippen LogP) is 3.81. The number of carboxylic acid groups (broad SMARTS) is 1. The Hall–Kier alpha value is -1.45. The van der Waals surface area contributed by atoms with Crippen LogP contribution in [0.25, 0.3) is 0 Å². The maximum atomic E-state index is 13.6. The molecular weight excluding hydrogens is 226 g/mol. The Morgan fingerprint density at radius 3 is 2.35 bits per heavy atom. The second-order valence-corrected chi connectivity index (χ2v) is 4.02. The van der Waals surface area contributed by atoms with Crippen LogP contribution in [0.15, 0.2) is 30.3 Å². The summed E-state index contributed by atoms with van der Waals surface area (Å²) >= 11 is 0. The predicted molar refractivity (Wildman–Crippen MR) is 61.1 cm³/mol. The number of carboxylic acids is 1. The van der Waals surface area contributed by atoms with Crippen LogP contribution in [0.4, 0.5) is 8.78 Å². The molecule has 0 aliphatic rings. The summed E-state index contributed by atoms with van der Waals surface area (Å²) in [6, 6.07) is 7.71. The van der Waals surface area contributed by atoms with E-state index < -0.39 is 11.9 Å². The van der Waals surface area contributed by atoms with Crippen molar-refractivity contribution < 1.29 is 18.7 Å². The first kappa shape index (κ1) is 13.6. The number of carbonyl (C=O) groups is 1. The molecule has 0 radical (unpaired) electrons. The molecular formula is C13H16F2O2. The maximum absolute atomic E-state index is 13.6. The standard InChI is InChI=1S/C13H16F2O2/c14-13(15,11-7-3-1-4-8-11)10-6-2-5-9-12(16)17/h1,3-4,7-8H,2,5-6,9-10H2,(H,16,17). The van der Waals surface area contributed by atoms with Crippen LogP contribution >= 0.6 is 0 Å². The number of unbranched alkanes of at least 4 members (excludes halogenated alkanes) is 2. The number of hydrogen-bond donors (Lipinski definition) is 1. The van der Waals surface area contributed by atoms with Crippen LogP contribution in [0, 0.1) is 0 Å². The van der Waals surface area contributed by atoms with Gasteiger partial charge in [0.15, 0.2) is 0 Å². The molecule has 1 rings (SSSR count). The minimum atomic E-state index is -2.81. The van der Waals surface area contributed by atoms with Crippen molar-refractivity contribution in [2.24, 2.45) is 0 Å². The molecule has 2 nitrogen and oxygen atoms in total. The smallest absolute Gasteiger partial charge is 0.303 e. The van der Waals surface area contributed by atoms with Gasteiger partial charge < -0.3 is 5.11 Å². The van der Waals surface area contributed by atoms with Crippen molar-refractivity contribution in [2.75, 3.05) is 0 Å². The van der Waals surface area contributed by atoms with Crippen molar-refractivity contribution in [2.45, 2.75) is 38.0 Å². The van der Waals surface area contributed by atoms with E-state index in [-0.39, 0.29) is 18.4 Å².